The van der Waals surface area contributed by atoms with Crippen molar-refractivity contribution in [2.24, 2.45) is 7.05 Å². The number of aryl methyl sites for hydroxylation is 2. The predicted octanol–water partition coefficient (Wildman–Crippen LogP) is 0.407. The fourth-order valence-electron chi connectivity index (χ4n) is 1.54. The normalized spacial score (nSPS) is 10.4. The van der Waals surface area contributed by atoms with Crippen molar-refractivity contribution < 1.29 is 4.79 Å². The molecule has 0 atom stereocenters. The Hall–Kier alpha value is -2.18. The van der Waals surface area contributed by atoms with Gasteiger partial charge in [0.25, 0.3) is 5.91 Å². The number of carbonyl (C=O) groups excluding carboxylic acids is 1. The fraction of sp³-hybridized carbons (Fsp3) is 0.333. The number of nitrogens with zero attached hydrogens (tertiary/aromatic N) is 4. The maximum Gasteiger partial charge on any atom is 0.261 e. The quantitative estimate of drug-likeness (QED) is 0.767. The summed E-state index contributed by atoms with van der Waals surface area (Å²) in [6.07, 6.45) is 1.33. The minimum absolute atomic E-state index is 0.236. The molecule has 0 saturated heterocycles. The van der Waals surface area contributed by atoms with E-state index in [0.717, 1.165) is 5.69 Å². The number of aromatic nitrogens is 5. The Morgan fingerprint density at radius 3 is 2.75 bits per heavy atom. The number of aromatic amines is 1. The Morgan fingerprint density at radius 2 is 2.25 bits per heavy atom. The molecule has 0 radical (unpaired) electrons. The van der Waals surface area contributed by atoms with Crippen molar-refractivity contribution in [2.75, 3.05) is 5.32 Å². The van der Waals surface area contributed by atoms with Gasteiger partial charge in [0.05, 0.1) is 11.3 Å². The number of anilines is 1. The molecule has 0 saturated carbocycles. The zero-order chi connectivity index (χ0) is 11.7. The summed E-state index contributed by atoms with van der Waals surface area (Å²) >= 11 is 0. The molecule has 1 amide bonds. The number of rotatable bonds is 2. The molecular weight excluding hydrogens is 208 g/mol. The molecule has 0 aliphatic rings. The lowest BCUT2D eigenvalue weighted by Gasteiger charge is -2.01. The monoisotopic (exact) mass is 220 g/mol. The van der Waals surface area contributed by atoms with Crippen molar-refractivity contribution in [3.05, 3.63) is 23.3 Å². The summed E-state index contributed by atoms with van der Waals surface area (Å²) in [7, 11) is 1.80. The molecule has 2 N–H and O–H groups in total. The smallest absolute Gasteiger partial charge is 0.261 e. The molecule has 2 rings (SSSR count). The van der Waals surface area contributed by atoms with Crippen LogP contribution >= 0.6 is 0 Å². The lowest BCUT2D eigenvalue weighted by atomic mass is 10.2. The molecule has 0 spiro atoms. The van der Waals surface area contributed by atoms with E-state index >= 15 is 0 Å². The van der Waals surface area contributed by atoms with Crippen molar-refractivity contribution in [3.63, 3.8) is 0 Å². The number of H-pyrrole nitrogens is 1. The topological polar surface area (TPSA) is 88.5 Å². The van der Waals surface area contributed by atoms with E-state index in [0.29, 0.717) is 17.2 Å². The van der Waals surface area contributed by atoms with E-state index in [2.05, 4.69) is 25.6 Å². The van der Waals surface area contributed by atoms with Crippen LogP contribution in [0.4, 0.5) is 5.95 Å². The molecular formula is C9H12N6O. The third kappa shape index (κ3) is 1.67. The standard InChI is InChI=1S/C9H12N6O/c1-5-7(6(2)15(3)14-5)8(16)12-9-10-4-11-13-9/h4H,1-3H3,(H2,10,11,12,13,16). The van der Waals surface area contributed by atoms with Gasteiger partial charge in [0, 0.05) is 12.7 Å². The first-order valence-corrected chi connectivity index (χ1v) is 4.76. The first-order valence-electron chi connectivity index (χ1n) is 4.76. The van der Waals surface area contributed by atoms with Crippen molar-refractivity contribution >= 4 is 11.9 Å². The summed E-state index contributed by atoms with van der Waals surface area (Å²) in [4.78, 5) is 15.7. The Labute approximate surface area is 91.9 Å². The molecule has 0 aliphatic carbocycles. The molecule has 2 heterocycles. The lowest BCUT2D eigenvalue weighted by Crippen LogP contribution is -2.15. The summed E-state index contributed by atoms with van der Waals surface area (Å²) in [6, 6.07) is 0. The highest BCUT2D eigenvalue weighted by molar-refractivity contribution is 6.04. The van der Waals surface area contributed by atoms with E-state index in [-0.39, 0.29) is 5.91 Å². The highest BCUT2D eigenvalue weighted by Gasteiger charge is 2.17. The number of carbonyl (C=O) groups is 1. The Bertz CT molecular complexity index is 512. The molecule has 84 valence electrons. The van der Waals surface area contributed by atoms with Crippen LogP contribution in [0, 0.1) is 13.8 Å². The molecule has 0 bridgehead atoms. The van der Waals surface area contributed by atoms with Gasteiger partial charge < -0.3 is 0 Å². The molecule has 2 aromatic rings. The summed E-state index contributed by atoms with van der Waals surface area (Å²) in [5.74, 6) is 0.0903. The van der Waals surface area contributed by atoms with Crippen LogP contribution in [-0.2, 0) is 7.05 Å². The molecule has 16 heavy (non-hydrogen) atoms. The van der Waals surface area contributed by atoms with E-state index in [1.165, 1.54) is 6.33 Å². The largest absolute Gasteiger partial charge is 0.291 e. The third-order valence-corrected chi connectivity index (χ3v) is 2.38. The van der Waals surface area contributed by atoms with Crippen LogP contribution in [0.15, 0.2) is 6.33 Å². The Morgan fingerprint density at radius 1 is 1.50 bits per heavy atom. The van der Waals surface area contributed by atoms with Crippen LogP contribution in [-0.4, -0.2) is 30.9 Å². The van der Waals surface area contributed by atoms with Gasteiger partial charge in [-0.1, -0.05) is 0 Å². The second-order valence-corrected chi connectivity index (χ2v) is 3.46. The van der Waals surface area contributed by atoms with Crippen LogP contribution in [0.2, 0.25) is 0 Å². The highest BCUT2D eigenvalue weighted by Crippen LogP contribution is 2.13. The number of hydrogen-bond donors (Lipinski definition) is 2. The van der Waals surface area contributed by atoms with Gasteiger partial charge in [0.1, 0.15) is 6.33 Å². The van der Waals surface area contributed by atoms with Crippen molar-refractivity contribution in [1.82, 2.24) is 25.0 Å². The molecule has 2 aromatic heterocycles. The number of nitrogens with one attached hydrogen (secondary N) is 2. The van der Waals surface area contributed by atoms with Crippen molar-refractivity contribution in [1.29, 1.82) is 0 Å². The Balaban J connectivity index is 2.27. The summed E-state index contributed by atoms with van der Waals surface area (Å²) in [6.45, 7) is 3.64. The van der Waals surface area contributed by atoms with Gasteiger partial charge in [-0.2, -0.15) is 15.2 Å². The average Bonchev–Trinajstić information content (AvgIpc) is 2.77. The highest BCUT2D eigenvalue weighted by atomic mass is 16.1. The lowest BCUT2D eigenvalue weighted by molar-refractivity contribution is 0.102. The van der Waals surface area contributed by atoms with Gasteiger partial charge in [-0.05, 0) is 13.8 Å². The molecule has 0 aliphatic heterocycles. The molecule has 0 unspecified atom stereocenters. The summed E-state index contributed by atoms with van der Waals surface area (Å²) in [5, 5.41) is 13.0. The first-order chi connectivity index (χ1) is 7.59. The second-order valence-electron chi connectivity index (χ2n) is 3.46. The molecule has 7 heteroatoms. The van der Waals surface area contributed by atoms with E-state index in [9.17, 15) is 4.79 Å². The first kappa shape index (κ1) is 10.3. The van der Waals surface area contributed by atoms with Crippen LogP contribution < -0.4 is 5.32 Å². The van der Waals surface area contributed by atoms with Crippen LogP contribution in [0.1, 0.15) is 21.7 Å². The average molecular weight is 220 g/mol. The fourth-order valence-corrected chi connectivity index (χ4v) is 1.54. The van der Waals surface area contributed by atoms with Gasteiger partial charge in [0.2, 0.25) is 5.95 Å². The predicted molar refractivity (Wildman–Crippen MR) is 57.0 cm³/mol. The van der Waals surface area contributed by atoms with Gasteiger partial charge in [-0.25, -0.2) is 5.10 Å². The van der Waals surface area contributed by atoms with Crippen LogP contribution in [0.25, 0.3) is 0 Å². The molecule has 0 fully saturated rings. The number of hydrogen-bond acceptors (Lipinski definition) is 4. The minimum Gasteiger partial charge on any atom is -0.291 e. The van der Waals surface area contributed by atoms with Gasteiger partial charge in [-0.3, -0.25) is 14.8 Å². The summed E-state index contributed by atoms with van der Waals surface area (Å²) in [5.41, 5.74) is 2.07. The van der Waals surface area contributed by atoms with Gasteiger partial charge in [-0.15, -0.1) is 0 Å². The second kappa shape index (κ2) is 3.76. The maximum absolute atomic E-state index is 11.9. The van der Waals surface area contributed by atoms with Crippen LogP contribution in [0.5, 0.6) is 0 Å². The zero-order valence-electron chi connectivity index (χ0n) is 9.27. The van der Waals surface area contributed by atoms with Crippen LogP contribution in [0.3, 0.4) is 0 Å². The number of amides is 1. The minimum atomic E-state index is -0.236. The maximum atomic E-state index is 11.9. The van der Waals surface area contributed by atoms with E-state index in [1.54, 1.807) is 18.7 Å². The zero-order valence-corrected chi connectivity index (χ0v) is 9.27. The van der Waals surface area contributed by atoms with Gasteiger partial charge in [0.15, 0.2) is 0 Å². The third-order valence-electron chi connectivity index (χ3n) is 2.38. The molecule has 7 nitrogen and oxygen atoms in total. The Kier molecular flexibility index (Phi) is 2.43. The van der Waals surface area contributed by atoms with Gasteiger partial charge >= 0.3 is 0 Å². The SMILES string of the molecule is Cc1nn(C)c(C)c1C(=O)Nc1ncn[nH]1. The van der Waals surface area contributed by atoms with E-state index in [1.807, 2.05) is 6.92 Å². The van der Waals surface area contributed by atoms with E-state index in [4.69, 9.17) is 0 Å². The summed E-state index contributed by atoms with van der Waals surface area (Å²) < 4.78 is 1.67. The molecule has 0 aromatic carbocycles. The van der Waals surface area contributed by atoms with Crippen molar-refractivity contribution in [2.45, 2.75) is 13.8 Å². The van der Waals surface area contributed by atoms with E-state index < -0.39 is 0 Å². The van der Waals surface area contributed by atoms with Crippen molar-refractivity contribution in [3.8, 4) is 0 Å².